The maximum Gasteiger partial charge on any atom is 0.191 e. The minimum atomic E-state index is 0.163. The molecule has 2 aromatic rings. The molecule has 2 N–H and O–H groups in total. The summed E-state index contributed by atoms with van der Waals surface area (Å²) in [5.41, 5.74) is 1.15. The maximum atomic E-state index is 6.28. The Hall–Kier alpha value is -2.47. The van der Waals surface area contributed by atoms with Crippen LogP contribution in [0.15, 0.2) is 47.6 Å². The van der Waals surface area contributed by atoms with Crippen LogP contribution in [0.5, 0.6) is 5.75 Å². The Labute approximate surface area is 172 Å². The van der Waals surface area contributed by atoms with Crippen molar-refractivity contribution < 1.29 is 4.74 Å². The zero-order valence-electron chi connectivity index (χ0n) is 16.7. The Kier molecular flexibility index (Phi) is 6.98. The van der Waals surface area contributed by atoms with Gasteiger partial charge in [-0.05, 0) is 50.1 Å². The molecule has 6 nitrogen and oxygen atoms in total. The molecule has 0 saturated carbocycles. The lowest BCUT2D eigenvalue weighted by Gasteiger charge is -2.20. The second kappa shape index (κ2) is 9.64. The number of nitrogens with one attached hydrogen (secondary N) is 2. The molecule has 0 bridgehead atoms. The number of benzene rings is 1. The fourth-order valence-electron chi connectivity index (χ4n) is 3.26. The highest BCUT2D eigenvalue weighted by molar-refractivity contribution is 6.32. The summed E-state index contributed by atoms with van der Waals surface area (Å²) in [6.07, 6.45) is 2.95. The van der Waals surface area contributed by atoms with Crippen molar-refractivity contribution in [3.05, 3.63) is 53.2 Å². The van der Waals surface area contributed by atoms with Crippen LogP contribution in [0, 0.1) is 0 Å². The van der Waals surface area contributed by atoms with Gasteiger partial charge >= 0.3 is 0 Å². The molecule has 1 aliphatic heterocycles. The second-order valence-corrected chi connectivity index (χ2v) is 7.53. The highest BCUT2D eigenvalue weighted by atomic mass is 35.5. The molecule has 1 atom stereocenters. The summed E-state index contributed by atoms with van der Waals surface area (Å²) in [7, 11) is 1.79. The number of rotatable bonds is 6. The van der Waals surface area contributed by atoms with Gasteiger partial charge in [0.05, 0.1) is 11.1 Å². The van der Waals surface area contributed by atoms with Crippen LogP contribution in [0.2, 0.25) is 5.02 Å². The number of hydrogen-bond acceptors (Lipinski definition) is 4. The van der Waals surface area contributed by atoms with Crippen LogP contribution in [0.25, 0.3) is 0 Å². The Balaban J connectivity index is 1.52. The van der Waals surface area contributed by atoms with E-state index >= 15 is 0 Å². The van der Waals surface area contributed by atoms with E-state index in [1.807, 2.05) is 38.1 Å². The van der Waals surface area contributed by atoms with Gasteiger partial charge in [-0.15, -0.1) is 0 Å². The third kappa shape index (κ3) is 5.52. The summed E-state index contributed by atoms with van der Waals surface area (Å²) in [5.74, 6) is 2.52. The lowest BCUT2D eigenvalue weighted by molar-refractivity contribution is 0.242. The van der Waals surface area contributed by atoms with Crippen LogP contribution in [-0.4, -0.2) is 43.2 Å². The average Bonchev–Trinajstić information content (AvgIpc) is 3.13. The van der Waals surface area contributed by atoms with E-state index in [1.54, 1.807) is 13.2 Å². The van der Waals surface area contributed by atoms with Crippen molar-refractivity contribution in [3.8, 4) is 5.75 Å². The van der Waals surface area contributed by atoms with E-state index in [1.165, 1.54) is 0 Å². The van der Waals surface area contributed by atoms with Crippen LogP contribution in [-0.2, 0) is 6.54 Å². The molecule has 1 aromatic heterocycles. The van der Waals surface area contributed by atoms with Crippen LogP contribution in [0.3, 0.4) is 0 Å². The molecule has 0 spiro atoms. The number of guanidine groups is 1. The van der Waals surface area contributed by atoms with Crippen LogP contribution >= 0.6 is 11.6 Å². The molecule has 0 aliphatic carbocycles. The number of aliphatic imine (C=N–C) groups is 1. The lowest BCUT2D eigenvalue weighted by Crippen LogP contribution is -2.44. The topological polar surface area (TPSA) is 61.8 Å². The molecule has 1 aliphatic rings. The molecule has 3 rings (SSSR count). The number of ether oxygens (including phenoxy) is 1. The third-order valence-corrected chi connectivity index (χ3v) is 4.82. The zero-order valence-corrected chi connectivity index (χ0v) is 17.4. The SMILES string of the molecule is CN=C(NCc1cccc(OC(C)C)c1)NC1CCN(c2ncccc2Cl)C1. The summed E-state index contributed by atoms with van der Waals surface area (Å²) in [6, 6.07) is 12.1. The fraction of sp³-hybridized carbons (Fsp3) is 0.429. The van der Waals surface area contributed by atoms with Gasteiger partial charge in [-0.3, -0.25) is 4.99 Å². The van der Waals surface area contributed by atoms with Gasteiger partial charge in [0.1, 0.15) is 11.6 Å². The van der Waals surface area contributed by atoms with Gasteiger partial charge in [-0.25, -0.2) is 4.98 Å². The Morgan fingerprint density at radius 1 is 1.36 bits per heavy atom. The molecular weight excluding hydrogens is 374 g/mol. The van der Waals surface area contributed by atoms with Gasteiger partial charge in [0.15, 0.2) is 5.96 Å². The van der Waals surface area contributed by atoms with Crippen molar-refractivity contribution in [3.63, 3.8) is 0 Å². The normalized spacial score (nSPS) is 17.1. The highest BCUT2D eigenvalue weighted by Crippen LogP contribution is 2.25. The first-order chi connectivity index (χ1) is 13.5. The van der Waals surface area contributed by atoms with E-state index < -0.39 is 0 Å². The fourth-order valence-corrected chi connectivity index (χ4v) is 3.50. The maximum absolute atomic E-state index is 6.28. The summed E-state index contributed by atoms with van der Waals surface area (Å²) < 4.78 is 5.76. The predicted octanol–water partition coefficient (Wildman–Crippen LogP) is 3.47. The first kappa shape index (κ1) is 20.3. The molecule has 7 heteroatoms. The Morgan fingerprint density at radius 3 is 2.96 bits per heavy atom. The number of aromatic nitrogens is 1. The minimum Gasteiger partial charge on any atom is -0.491 e. The first-order valence-electron chi connectivity index (χ1n) is 9.63. The number of nitrogens with zero attached hydrogens (tertiary/aromatic N) is 3. The molecule has 0 radical (unpaired) electrons. The molecule has 1 unspecified atom stereocenters. The van der Waals surface area contributed by atoms with Crippen LogP contribution < -0.4 is 20.3 Å². The zero-order chi connectivity index (χ0) is 19.9. The van der Waals surface area contributed by atoms with Gasteiger partial charge in [0, 0.05) is 38.9 Å². The van der Waals surface area contributed by atoms with Crippen LogP contribution in [0.1, 0.15) is 25.8 Å². The van der Waals surface area contributed by atoms with Gasteiger partial charge in [-0.1, -0.05) is 23.7 Å². The number of anilines is 1. The quantitative estimate of drug-likeness (QED) is 0.573. The third-order valence-electron chi connectivity index (χ3n) is 4.52. The second-order valence-electron chi connectivity index (χ2n) is 7.12. The standard InChI is InChI=1S/C21H28ClN5O/c1-15(2)28-18-7-4-6-16(12-18)13-25-21(23-3)26-17-9-11-27(14-17)20-19(22)8-5-10-24-20/h4-8,10,12,15,17H,9,11,13-14H2,1-3H3,(H2,23,25,26). The molecule has 1 aromatic carbocycles. The molecule has 150 valence electrons. The predicted molar refractivity (Wildman–Crippen MR) is 115 cm³/mol. The van der Waals surface area contributed by atoms with Gasteiger partial charge < -0.3 is 20.3 Å². The van der Waals surface area contributed by atoms with Crippen molar-refractivity contribution >= 4 is 23.4 Å². The number of pyridine rings is 1. The van der Waals surface area contributed by atoms with E-state index in [0.717, 1.165) is 42.6 Å². The Morgan fingerprint density at radius 2 is 2.21 bits per heavy atom. The minimum absolute atomic E-state index is 0.163. The monoisotopic (exact) mass is 401 g/mol. The summed E-state index contributed by atoms with van der Waals surface area (Å²) in [5, 5.41) is 7.57. The molecule has 1 saturated heterocycles. The van der Waals surface area contributed by atoms with Gasteiger partial charge in [0.25, 0.3) is 0 Å². The van der Waals surface area contributed by atoms with Crippen LogP contribution in [0.4, 0.5) is 5.82 Å². The average molecular weight is 402 g/mol. The van der Waals surface area contributed by atoms with Gasteiger partial charge in [0.2, 0.25) is 0 Å². The van der Waals surface area contributed by atoms with E-state index in [2.05, 4.69) is 37.6 Å². The smallest absolute Gasteiger partial charge is 0.191 e. The summed E-state index contributed by atoms with van der Waals surface area (Å²) >= 11 is 6.28. The lowest BCUT2D eigenvalue weighted by atomic mass is 10.2. The summed E-state index contributed by atoms with van der Waals surface area (Å²) in [4.78, 5) is 11.0. The molecule has 0 amide bonds. The van der Waals surface area contributed by atoms with Crippen molar-refractivity contribution in [1.29, 1.82) is 0 Å². The molecule has 1 fully saturated rings. The largest absolute Gasteiger partial charge is 0.491 e. The van der Waals surface area contributed by atoms with E-state index in [9.17, 15) is 0 Å². The van der Waals surface area contributed by atoms with Gasteiger partial charge in [-0.2, -0.15) is 0 Å². The van der Waals surface area contributed by atoms with E-state index in [-0.39, 0.29) is 6.10 Å². The summed E-state index contributed by atoms with van der Waals surface area (Å²) in [6.45, 7) is 6.49. The van der Waals surface area contributed by atoms with Crippen molar-refractivity contribution in [2.45, 2.75) is 39.0 Å². The van der Waals surface area contributed by atoms with Crippen molar-refractivity contribution in [2.75, 3.05) is 25.0 Å². The number of halogens is 1. The highest BCUT2D eigenvalue weighted by Gasteiger charge is 2.25. The van der Waals surface area contributed by atoms with Crippen molar-refractivity contribution in [2.24, 2.45) is 4.99 Å². The van der Waals surface area contributed by atoms with Crippen molar-refractivity contribution in [1.82, 2.24) is 15.6 Å². The first-order valence-corrected chi connectivity index (χ1v) is 10.0. The molecular formula is C21H28ClN5O. The van der Waals surface area contributed by atoms with E-state index in [0.29, 0.717) is 17.6 Å². The Bertz CT molecular complexity index is 811. The van der Waals surface area contributed by atoms with E-state index in [4.69, 9.17) is 16.3 Å². The molecule has 28 heavy (non-hydrogen) atoms. The molecule has 2 heterocycles. The number of hydrogen-bond donors (Lipinski definition) is 2.